The molecule has 5 heteroatoms. The molecule has 1 heterocycles. The number of hydrogen-bond donors (Lipinski definition) is 2. The van der Waals surface area contributed by atoms with Crippen LogP contribution in [0.5, 0.6) is 0 Å². The first-order valence-electron chi connectivity index (χ1n) is 5.35. The Morgan fingerprint density at radius 3 is 2.31 bits per heavy atom. The summed E-state index contributed by atoms with van der Waals surface area (Å²) in [7, 11) is 0. The lowest BCUT2D eigenvalue weighted by Gasteiger charge is -2.28. The highest BCUT2D eigenvalue weighted by Gasteiger charge is 2.24. The summed E-state index contributed by atoms with van der Waals surface area (Å²) in [5.74, 6) is -1.15. The Balaban J connectivity index is 2.78. The molecule has 16 heavy (non-hydrogen) atoms. The Morgan fingerprint density at radius 2 is 2.00 bits per heavy atom. The zero-order valence-corrected chi connectivity index (χ0v) is 9.91. The number of rotatable bonds is 4. The molecule has 0 spiro atoms. The van der Waals surface area contributed by atoms with E-state index in [9.17, 15) is 9.59 Å². The summed E-state index contributed by atoms with van der Waals surface area (Å²) in [4.78, 5) is 24.1. The lowest BCUT2D eigenvalue weighted by Crippen LogP contribution is -2.43. The zero-order valence-electron chi connectivity index (χ0n) is 9.91. The van der Waals surface area contributed by atoms with Gasteiger partial charge in [0.2, 0.25) is 5.91 Å². The average molecular weight is 226 g/mol. The molecule has 5 nitrogen and oxygen atoms in total. The molecule has 1 saturated heterocycles. The summed E-state index contributed by atoms with van der Waals surface area (Å²) in [6, 6.07) is -0.104. The lowest BCUT2D eigenvalue weighted by molar-refractivity contribution is -0.144. The topological polar surface area (TPSA) is 69.6 Å². The second kappa shape index (κ2) is 5.12. The largest absolute Gasteiger partial charge is 0.480 e. The van der Waals surface area contributed by atoms with Crippen molar-refractivity contribution >= 4 is 11.9 Å². The number of carboxylic acids is 1. The summed E-state index contributed by atoms with van der Waals surface area (Å²) < 4.78 is 0. The first-order valence-corrected chi connectivity index (χ1v) is 5.35. The van der Waals surface area contributed by atoms with Gasteiger partial charge >= 0.3 is 5.97 Å². The van der Waals surface area contributed by atoms with E-state index in [0.717, 1.165) is 18.7 Å². The maximum absolute atomic E-state index is 12.0. The van der Waals surface area contributed by atoms with Gasteiger partial charge in [0, 0.05) is 24.7 Å². The van der Waals surface area contributed by atoms with Crippen molar-refractivity contribution in [2.45, 2.75) is 26.8 Å². The van der Waals surface area contributed by atoms with Crippen LogP contribution in [0, 0.1) is 0 Å². The van der Waals surface area contributed by atoms with Crippen LogP contribution < -0.4 is 5.32 Å². The van der Waals surface area contributed by atoms with E-state index < -0.39 is 5.97 Å². The summed E-state index contributed by atoms with van der Waals surface area (Å²) in [6.45, 7) is 6.62. The smallest absolute Gasteiger partial charge is 0.323 e. The molecular formula is C11H18N2O3. The molecule has 0 bridgehead atoms. The van der Waals surface area contributed by atoms with Gasteiger partial charge < -0.3 is 15.3 Å². The maximum Gasteiger partial charge on any atom is 0.323 e. The molecule has 1 amide bonds. The zero-order chi connectivity index (χ0) is 12.3. The van der Waals surface area contributed by atoms with Crippen LogP contribution in [0.1, 0.15) is 20.8 Å². The van der Waals surface area contributed by atoms with E-state index in [1.165, 1.54) is 4.90 Å². The molecule has 0 aliphatic carbocycles. The highest BCUT2D eigenvalue weighted by Crippen LogP contribution is 2.13. The molecular weight excluding hydrogens is 208 g/mol. The van der Waals surface area contributed by atoms with Crippen LogP contribution in [0.15, 0.2) is 11.1 Å². The number of nitrogens with zero attached hydrogens (tertiary/aromatic N) is 1. The quantitative estimate of drug-likeness (QED) is 0.673. The number of carbonyl (C=O) groups excluding carboxylic acids is 1. The van der Waals surface area contributed by atoms with Gasteiger partial charge in [-0.05, 0) is 26.3 Å². The molecule has 2 N–H and O–H groups in total. The van der Waals surface area contributed by atoms with Crippen LogP contribution in [0.4, 0.5) is 0 Å². The molecule has 0 aromatic heterocycles. The summed E-state index contributed by atoms with van der Waals surface area (Å²) in [6.07, 6.45) is 0. The van der Waals surface area contributed by atoms with Crippen molar-refractivity contribution < 1.29 is 14.7 Å². The predicted octanol–water partition coefficient (Wildman–Crippen LogP) is 0.228. The fraction of sp³-hybridized carbons (Fsp3) is 0.636. The van der Waals surface area contributed by atoms with Crippen LogP contribution in [0.25, 0.3) is 0 Å². The van der Waals surface area contributed by atoms with Gasteiger partial charge in [-0.2, -0.15) is 0 Å². The van der Waals surface area contributed by atoms with Crippen molar-refractivity contribution in [1.29, 1.82) is 0 Å². The van der Waals surface area contributed by atoms with Gasteiger partial charge in [0.15, 0.2) is 0 Å². The SMILES string of the molecule is CC(C(=O)N(CC(=O)O)C(C)C)=C1CNC1. The van der Waals surface area contributed by atoms with E-state index in [-0.39, 0.29) is 18.5 Å². The second-order valence-electron chi connectivity index (χ2n) is 4.25. The van der Waals surface area contributed by atoms with Gasteiger partial charge in [0.05, 0.1) is 0 Å². The number of nitrogens with one attached hydrogen (secondary N) is 1. The Kier molecular flexibility index (Phi) is 4.06. The van der Waals surface area contributed by atoms with Gasteiger partial charge in [-0.25, -0.2) is 0 Å². The van der Waals surface area contributed by atoms with E-state index in [2.05, 4.69) is 5.32 Å². The Bertz CT molecular complexity index is 328. The van der Waals surface area contributed by atoms with Crippen LogP contribution in [-0.2, 0) is 9.59 Å². The van der Waals surface area contributed by atoms with E-state index in [0.29, 0.717) is 5.57 Å². The number of carbonyl (C=O) groups is 2. The van der Waals surface area contributed by atoms with Crippen molar-refractivity contribution in [2.75, 3.05) is 19.6 Å². The van der Waals surface area contributed by atoms with Gasteiger partial charge in [-0.15, -0.1) is 0 Å². The van der Waals surface area contributed by atoms with E-state index in [1.807, 2.05) is 13.8 Å². The van der Waals surface area contributed by atoms with Crippen molar-refractivity contribution in [3.63, 3.8) is 0 Å². The van der Waals surface area contributed by atoms with Crippen LogP contribution in [-0.4, -0.2) is 47.6 Å². The normalized spacial score (nSPS) is 14.6. The number of aliphatic carboxylic acids is 1. The number of carboxylic acid groups (broad SMARTS) is 1. The molecule has 0 radical (unpaired) electrons. The highest BCUT2D eigenvalue weighted by molar-refractivity contribution is 5.95. The summed E-state index contributed by atoms with van der Waals surface area (Å²) >= 11 is 0. The third kappa shape index (κ3) is 2.82. The fourth-order valence-electron chi connectivity index (χ4n) is 1.52. The van der Waals surface area contributed by atoms with Crippen molar-refractivity contribution in [3.8, 4) is 0 Å². The van der Waals surface area contributed by atoms with Crippen LogP contribution in [0.2, 0.25) is 0 Å². The van der Waals surface area contributed by atoms with Gasteiger partial charge in [-0.3, -0.25) is 9.59 Å². The Morgan fingerprint density at radius 1 is 1.44 bits per heavy atom. The second-order valence-corrected chi connectivity index (χ2v) is 4.25. The summed E-state index contributed by atoms with van der Waals surface area (Å²) in [5.41, 5.74) is 1.75. The molecule has 1 rings (SSSR count). The van der Waals surface area contributed by atoms with E-state index in [4.69, 9.17) is 5.11 Å². The van der Waals surface area contributed by atoms with Gasteiger partial charge in [0.1, 0.15) is 6.54 Å². The highest BCUT2D eigenvalue weighted by atomic mass is 16.4. The number of amides is 1. The molecule has 0 aromatic rings. The standard InChI is InChI=1S/C11H18N2O3/c1-7(2)13(6-10(14)15)11(16)8(3)9-4-12-5-9/h7,12H,4-6H2,1-3H3,(H,14,15). The van der Waals surface area contributed by atoms with Gasteiger partial charge in [0.25, 0.3) is 0 Å². The van der Waals surface area contributed by atoms with Crippen molar-refractivity contribution in [1.82, 2.24) is 10.2 Å². The van der Waals surface area contributed by atoms with E-state index in [1.54, 1.807) is 6.92 Å². The monoisotopic (exact) mass is 226 g/mol. The average Bonchev–Trinajstić information content (AvgIpc) is 2.09. The van der Waals surface area contributed by atoms with Crippen LogP contribution in [0.3, 0.4) is 0 Å². The Labute approximate surface area is 95.1 Å². The molecule has 1 aliphatic heterocycles. The fourth-order valence-corrected chi connectivity index (χ4v) is 1.52. The van der Waals surface area contributed by atoms with Crippen molar-refractivity contribution in [3.05, 3.63) is 11.1 Å². The minimum atomic E-state index is -0.980. The molecule has 1 fully saturated rings. The molecule has 90 valence electrons. The molecule has 0 unspecified atom stereocenters. The molecule has 0 atom stereocenters. The summed E-state index contributed by atoms with van der Waals surface area (Å²) in [5, 5.41) is 11.8. The van der Waals surface area contributed by atoms with Crippen molar-refractivity contribution in [2.24, 2.45) is 0 Å². The third-order valence-electron chi connectivity index (χ3n) is 2.72. The van der Waals surface area contributed by atoms with Crippen LogP contribution >= 0.6 is 0 Å². The first-order chi connectivity index (χ1) is 7.43. The minimum Gasteiger partial charge on any atom is -0.480 e. The predicted molar refractivity (Wildman–Crippen MR) is 60.1 cm³/mol. The minimum absolute atomic E-state index is 0.104. The Hall–Kier alpha value is -1.36. The molecule has 1 aliphatic rings. The molecule has 0 saturated carbocycles. The third-order valence-corrected chi connectivity index (χ3v) is 2.72. The van der Waals surface area contributed by atoms with E-state index >= 15 is 0 Å². The van der Waals surface area contributed by atoms with Gasteiger partial charge in [-0.1, -0.05) is 0 Å². The number of hydrogen-bond acceptors (Lipinski definition) is 3. The molecule has 0 aromatic carbocycles. The first kappa shape index (κ1) is 12.7. The lowest BCUT2D eigenvalue weighted by atomic mass is 10.0. The maximum atomic E-state index is 12.0.